The standard InChI is InChI=1S/C16H15NO2/c1-11-6-2-3-7-12(11)16(18)17-14-10-19-15-9-5-4-8-13(14)15/h2-9,14H,10H2,1H3,(H,17,18). The number of rotatable bonds is 2. The molecule has 0 aromatic heterocycles. The van der Waals surface area contributed by atoms with E-state index in [4.69, 9.17) is 4.74 Å². The van der Waals surface area contributed by atoms with E-state index >= 15 is 0 Å². The van der Waals surface area contributed by atoms with Crippen LogP contribution < -0.4 is 10.1 Å². The fourth-order valence-corrected chi connectivity index (χ4v) is 2.35. The van der Waals surface area contributed by atoms with Crippen molar-refractivity contribution in [1.82, 2.24) is 5.32 Å². The molecule has 0 saturated heterocycles. The lowest BCUT2D eigenvalue weighted by Crippen LogP contribution is -2.29. The summed E-state index contributed by atoms with van der Waals surface area (Å²) < 4.78 is 5.56. The number of aryl methyl sites for hydroxylation is 1. The molecule has 96 valence electrons. The van der Waals surface area contributed by atoms with Crippen molar-refractivity contribution in [2.24, 2.45) is 0 Å². The summed E-state index contributed by atoms with van der Waals surface area (Å²) in [6.07, 6.45) is 0. The Morgan fingerprint density at radius 1 is 1.16 bits per heavy atom. The Kier molecular flexibility index (Phi) is 2.95. The molecule has 3 nitrogen and oxygen atoms in total. The molecule has 1 amide bonds. The molecular formula is C16H15NO2. The predicted molar refractivity (Wildman–Crippen MR) is 73.3 cm³/mol. The van der Waals surface area contributed by atoms with Gasteiger partial charge in [-0.1, -0.05) is 36.4 Å². The molecule has 0 aliphatic carbocycles. The number of hydrogen-bond acceptors (Lipinski definition) is 2. The van der Waals surface area contributed by atoms with Crippen molar-refractivity contribution in [3.63, 3.8) is 0 Å². The molecule has 0 saturated carbocycles. The van der Waals surface area contributed by atoms with Gasteiger partial charge in [-0.15, -0.1) is 0 Å². The fourth-order valence-electron chi connectivity index (χ4n) is 2.35. The molecule has 1 N–H and O–H groups in total. The van der Waals surface area contributed by atoms with Gasteiger partial charge in [0.15, 0.2) is 0 Å². The van der Waals surface area contributed by atoms with Gasteiger partial charge in [0.1, 0.15) is 12.4 Å². The van der Waals surface area contributed by atoms with E-state index in [0.29, 0.717) is 12.2 Å². The first-order valence-corrected chi connectivity index (χ1v) is 6.34. The Labute approximate surface area is 112 Å². The number of nitrogens with one attached hydrogen (secondary N) is 1. The van der Waals surface area contributed by atoms with Gasteiger partial charge >= 0.3 is 0 Å². The Bertz CT molecular complexity index is 622. The molecule has 1 aliphatic heterocycles. The molecule has 0 fully saturated rings. The van der Waals surface area contributed by atoms with E-state index in [1.807, 2.05) is 55.5 Å². The second kappa shape index (κ2) is 4.76. The monoisotopic (exact) mass is 253 g/mol. The molecule has 0 radical (unpaired) electrons. The number of carbonyl (C=O) groups excluding carboxylic acids is 1. The minimum absolute atomic E-state index is 0.0524. The number of fused-ring (bicyclic) bond motifs is 1. The quantitative estimate of drug-likeness (QED) is 0.893. The molecule has 2 aromatic rings. The lowest BCUT2D eigenvalue weighted by atomic mass is 10.1. The molecule has 3 rings (SSSR count). The van der Waals surface area contributed by atoms with E-state index in [0.717, 1.165) is 16.9 Å². The topological polar surface area (TPSA) is 38.3 Å². The van der Waals surface area contributed by atoms with Crippen LogP contribution in [0.15, 0.2) is 48.5 Å². The zero-order chi connectivity index (χ0) is 13.2. The summed E-state index contributed by atoms with van der Waals surface area (Å²) in [5, 5.41) is 3.03. The molecule has 19 heavy (non-hydrogen) atoms. The van der Waals surface area contributed by atoms with E-state index in [1.54, 1.807) is 0 Å². The maximum atomic E-state index is 12.3. The Balaban J connectivity index is 1.81. The average molecular weight is 253 g/mol. The zero-order valence-corrected chi connectivity index (χ0v) is 10.7. The summed E-state index contributed by atoms with van der Waals surface area (Å²) in [5.41, 5.74) is 2.74. The smallest absolute Gasteiger partial charge is 0.252 e. The van der Waals surface area contributed by atoms with Gasteiger partial charge in [-0.2, -0.15) is 0 Å². The van der Waals surface area contributed by atoms with E-state index in [9.17, 15) is 4.79 Å². The molecule has 0 bridgehead atoms. The summed E-state index contributed by atoms with van der Waals surface area (Å²) >= 11 is 0. The molecule has 1 atom stereocenters. The van der Waals surface area contributed by atoms with Crippen LogP contribution in [-0.4, -0.2) is 12.5 Å². The van der Waals surface area contributed by atoms with Crippen LogP contribution in [0.1, 0.15) is 27.5 Å². The van der Waals surface area contributed by atoms with Crippen LogP contribution in [-0.2, 0) is 0 Å². The van der Waals surface area contributed by atoms with Crippen molar-refractivity contribution in [3.8, 4) is 5.75 Å². The van der Waals surface area contributed by atoms with Gasteiger partial charge in [-0.25, -0.2) is 0 Å². The van der Waals surface area contributed by atoms with Crippen molar-refractivity contribution in [2.75, 3.05) is 6.61 Å². The first kappa shape index (κ1) is 11.8. The minimum atomic E-state index is -0.0664. The normalized spacial score (nSPS) is 16.6. The third kappa shape index (κ3) is 2.19. The average Bonchev–Trinajstić information content (AvgIpc) is 2.83. The highest BCUT2D eigenvalue weighted by Crippen LogP contribution is 2.31. The van der Waals surface area contributed by atoms with Gasteiger partial charge in [0, 0.05) is 11.1 Å². The molecular weight excluding hydrogens is 238 g/mol. The molecule has 0 spiro atoms. The second-order valence-corrected chi connectivity index (χ2v) is 4.69. The second-order valence-electron chi connectivity index (χ2n) is 4.69. The van der Waals surface area contributed by atoms with Crippen LogP contribution in [0.5, 0.6) is 5.75 Å². The number of carbonyl (C=O) groups is 1. The molecule has 1 heterocycles. The van der Waals surface area contributed by atoms with E-state index < -0.39 is 0 Å². The molecule has 1 aliphatic rings. The summed E-state index contributed by atoms with van der Waals surface area (Å²) in [6, 6.07) is 15.3. The Morgan fingerprint density at radius 2 is 1.89 bits per heavy atom. The van der Waals surface area contributed by atoms with Crippen LogP contribution in [0.25, 0.3) is 0 Å². The van der Waals surface area contributed by atoms with Crippen LogP contribution in [0, 0.1) is 6.92 Å². The highest BCUT2D eigenvalue weighted by molar-refractivity contribution is 5.95. The molecule has 1 unspecified atom stereocenters. The fraction of sp³-hybridized carbons (Fsp3) is 0.188. The van der Waals surface area contributed by atoms with Gasteiger partial charge in [0.2, 0.25) is 0 Å². The van der Waals surface area contributed by atoms with E-state index in [-0.39, 0.29) is 11.9 Å². The summed E-state index contributed by atoms with van der Waals surface area (Å²) in [6.45, 7) is 2.44. The third-order valence-electron chi connectivity index (χ3n) is 3.39. The number of benzene rings is 2. The molecule has 2 aromatic carbocycles. The maximum Gasteiger partial charge on any atom is 0.252 e. The van der Waals surface area contributed by atoms with Gasteiger partial charge in [0.05, 0.1) is 6.04 Å². The predicted octanol–water partition coefficient (Wildman–Crippen LogP) is 2.86. The van der Waals surface area contributed by atoms with Crippen LogP contribution in [0.4, 0.5) is 0 Å². The van der Waals surface area contributed by atoms with Crippen LogP contribution in [0.3, 0.4) is 0 Å². The summed E-state index contributed by atoms with van der Waals surface area (Å²) in [5.74, 6) is 0.806. The number of para-hydroxylation sites is 1. The zero-order valence-electron chi connectivity index (χ0n) is 10.7. The highest BCUT2D eigenvalue weighted by atomic mass is 16.5. The van der Waals surface area contributed by atoms with Gasteiger partial charge in [0.25, 0.3) is 5.91 Å². The maximum absolute atomic E-state index is 12.3. The van der Waals surface area contributed by atoms with Crippen molar-refractivity contribution in [1.29, 1.82) is 0 Å². The van der Waals surface area contributed by atoms with Crippen molar-refractivity contribution < 1.29 is 9.53 Å². The van der Waals surface area contributed by atoms with Crippen LogP contribution >= 0.6 is 0 Å². The van der Waals surface area contributed by atoms with Crippen molar-refractivity contribution >= 4 is 5.91 Å². The van der Waals surface area contributed by atoms with Crippen molar-refractivity contribution in [2.45, 2.75) is 13.0 Å². The highest BCUT2D eigenvalue weighted by Gasteiger charge is 2.25. The minimum Gasteiger partial charge on any atom is -0.491 e. The first-order valence-electron chi connectivity index (χ1n) is 6.34. The van der Waals surface area contributed by atoms with Gasteiger partial charge < -0.3 is 10.1 Å². The number of ether oxygens (including phenoxy) is 1. The van der Waals surface area contributed by atoms with Crippen molar-refractivity contribution in [3.05, 3.63) is 65.2 Å². The van der Waals surface area contributed by atoms with E-state index in [1.165, 1.54) is 0 Å². The third-order valence-corrected chi connectivity index (χ3v) is 3.39. The number of hydrogen-bond donors (Lipinski definition) is 1. The first-order chi connectivity index (χ1) is 9.25. The SMILES string of the molecule is Cc1ccccc1C(=O)NC1COc2ccccc21. The van der Waals surface area contributed by atoms with E-state index in [2.05, 4.69) is 5.32 Å². The summed E-state index contributed by atoms with van der Waals surface area (Å²) in [7, 11) is 0. The van der Waals surface area contributed by atoms with Crippen LogP contribution in [0.2, 0.25) is 0 Å². The Morgan fingerprint density at radius 3 is 2.74 bits per heavy atom. The lowest BCUT2D eigenvalue weighted by molar-refractivity contribution is 0.0929. The summed E-state index contributed by atoms with van der Waals surface area (Å²) in [4.78, 5) is 12.3. The lowest BCUT2D eigenvalue weighted by Gasteiger charge is -2.13. The number of amides is 1. The molecule has 3 heteroatoms. The largest absolute Gasteiger partial charge is 0.491 e. The Hall–Kier alpha value is -2.29. The van der Waals surface area contributed by atoms with Gasteiger partial charge in [-0.05, 0) is 24.6 Å². The van der Waals surface area contributed by atoms with Gasteiger partial charge in [-0.3, -0.25) is 4.79 Å².